The van der Waals surface area contributed by atoms with Crippen molar-refractivity contribution < 1.29 is 9.53 Å². The lowest BCUT2D eigenvalue weighted by molar-refractivity contribution is -0.136. The molecule has 1 aliphatic rings. The number of esters is 1. The summed E-state index contributed by atoms with van der Waals surface area (Å²) >= 11 is 0. The molecule has 102 valence electrons. The maximum absolute atomic E-state index is 11.4. The molecule has 0 amide bonds. The van der Waals surface area contributed by atoms with Crippen LogP contribution in [0.1, 0.15) is 32.1 Å². The van der Waals surface area contributed by atoms with E-state index in [0.717, 1.165) is 25.7 Å². The molecule has 0 saturated heterocycles. The van der Waals surface area contributed by atoms with E-state index in [4.69, 9.17) is 11.1 Å². The second-order valence-corrected chi connectivity index (χ2v) is 4.33. The summed E-state index contributed by atoms with van der Waals surface area (Å²) < 4.78 is 4.52. The summed E-state index contributed by atoms with van der Waals surface area (Å²) in [6, 6.07) is -0.482. The van der Waals surface area contributed by atoms with Crippen LogP contribution in [-0.4, -0.2) is 19.1 Å². The summed E-state index contributed by atoms with van der Waals surface area (Å²) in [5, 5.41) is 7.00. The van der Waals surface area contributed by atoms with E-state index in [-0.39, 0.29) is 11.6 Å². The molecule has 0 aliphatic heterocycles. The van der Waals surface area contributed by atoms with E-state index in [2.05, 4.69) is 24.8 Å². The van der Waals surface area contributed by atoms with Crippen molar-refractivity contribution in [2.24, 2.45) is 16.1 Å². The van der Waals surface area contributed by atoms with Gasteiger partial charge in [0.05, 0.1) is 13.2 Å². The molecule has 0 radical (unpaired) electrons. The van der Waals surface area contributed by atoms with Gasteiger partial charge in [-0.25, -0.2) is 4.79 Å². The highest BCUT2D eigenvalue weighted by molar-refractivity contribution is 5.88. The molecule has 8 heteroatoms. The van der Waals surface area contributed by atoms with Crippen molar-refractivity contribution in [3.8, 4) is 0 Å². The molecule has 0 spiro atoms. The fraction of sp³-hybridized carbons (Fsp3) is 0.727. The van der Waals surface area contributed by atoms with E-state index in [1.54, 1.807) is 0 Å². The Bertz CT molecular complexity index is 442. The van der Waals surface area contributed by atoms with E-state index in [9.17, 15) is 4.79 Å². The lowest BCUT2D eigenvalue weighted by Gasteiger charge is -2.25. The average molecular weight is 264 g/mol. The highest BCUT2D eigenvalue weighted by Gasteiger charge is 2.22. The summed E-state index contributed by atoms with van der Waals surface area (Å²) in [5.41, 5.74) is 16.9. The van der Waals surface area contributed by atoms with Gasteiger partial charge in [0.15, 0.2) is 0 Å². The van der Waals surface area contributed by atoms with Gasteiger partial charge in [0.1, 0.15) is 5.70 Å². The topological polar surface area (TPSA) is 124 Å². The molecule has 1 atom stereocenters. The zero-order valence-electron chi connectivity index (χ0n) is 10.8. The third-order valence-electron chi connectivity index (χ3n) is 3.19. The van der Waals surface area contributed by atoms with Crippen molar-refractivity contribution in [3.05, 3.63) is 32.7 Å². The molecule has 0 bridgehead atoms. The summed E-state index contributed by atoms with van der Waals surface area (Å²) in [6.45, 7) is 0. The molecule has 1 aliphatic carbocycles. The lowest BCUT2D eigenvalue weighted by Crippen LogP contribution is -2.20. The molecule has 0 N–H and O–H groups in total. The first-order valence-electron chi connectivity index (χ1n) is 6.12. The maximum atomic E-state index is 11.4. The van der Waals surface area contributed by atoms with Crippen LogP contribution in [0.25, 0.3) is 20.9 Å². The first kappa shape index (κ1) is 14.9. The number of rotatable bonds is 5. The Morgan fingerprint density at radius 3 is 2.53 bits per heavy atom. The Morgan fingerprint density at radius 2 is 2.00 bits per heavy atom. The van der Waals surface area contributed by atoms with Crippen LogP contribution in [0.3, 0.4) is 0 Å². The zero-order chi connectivity index (χ0) is 14.1. The first-order valence-corrected chi connectivity index (χ1v) is 6.12. The van der Waals surface area contributed by atoms with E-state index in [1.165, 1.54) is 19.6 Å². The molecular formula is C11H16N6O2. The monoisotopic (exact) mass is 264 g/mol. The number of carbonyl (C=O) groups excluding carboxylic acids is 1. The number of nitrogens with zero attached hydrogens (tertiary/aromatic N) is 6. The number of azide groups is 2. The normalized spacial score (nSPS) is 17.8. The summed E-state index contributed by atoms with van der Waals surface area (Å²) in [5.74, 6) is -0.551. The number of ether oxygens (including phenoxy) is 1. The minimum Gasteiger partial charge on any atom is -0.466 e. The molecule has 0 aromatic heterocycles. The molecule has 1 rings (SSSR count). The number of hydrogen-bond donors (Lipinski definition) is 0. The van der Waals surface area contributed by atoms with Crippen LogP contribution in [0.4, 0.5) is 0 Å². The van der Waals surface area contributed by atoms with Crippen LogP contribution in [-0.2, 0) is 9.53 Å². The van der Waals surface area contributed by atoms with E-state index in [1.807, 2.05) is 0 Å². The predicted molar refractivity (Wildman–Crippen MR) is 68.8 cm³/mol. The van der Waals surface area contributed by atoms with Crippen LogP contribution in [0.5, 0.6) is 0 Å². The van der Waals surface area contributed by atoms with Gasteiger partial charge in [-0.1, -0.05) is 35.6 Å². The van der Waals surface area contributed by atoms with Crippen molar-refractivity contribution in [1.82, 2.24) is 0 Å². The van der Waals surface area contributed by atoms with Crippen LogP contribution in [0.2, 0.25) is 0 Å². The van der Waals surface area contributed by atoms with Crippen molar-refractivity contribution in [2.45, 2.75) is 38.1 Å². The smallest absolute Gasteiger partial charge is 0.339 e. The summed E-state index contributed by atoms with van der Waals surface area (Å²) in [4.78, 5) is 16.8. The molecule has 1 unspecified atom stereocenters. The average Bonchev–Trinajstić information content (AvgIpc) is 2.46. The molecule has 1 fully saturated rings. The van der Waals surface area contributed by atoms with Crippen molar-refractivity contribution in [3.63, 3.8) is 0 Å². The molecular weight excluding hydrogens is 248 g/mol. The minimum atomic E-state index is -0.730. The number of hydrogen-bond acceptors (Lipinski definition) is 4. The third kappa shape index (κ3) is 4.54. The summed E-state index contributed by atoms with van der Waals surface area (Å²) in [7, 11) is 1.20. The Morgan fingerprint density at radius 1 is 1.32 bits per heavy atom. The highest BCUT2D eigenvalue weighted by Crippen LogP contribution is 2.29. The van der Waals surface area contributed by atoms with Gasteiger partial charge in [-0.15, -0.1) is 0 Å². The Hall–Kier alpha value is -2.17. The van der Waals surface area contributed by atoms with Gasteiger partial charge in [-0.05, 0) is 29.8 Å². The fourth-order valence-corrected chi connectivity index (χ4v) is 2.26. The van der Waals surface area contributed by atoms with Gasteiger partial charge < -0.3 is 4.74 Å². The van der Waals surface area contributed by atoms with Gasteiger partial charge in [0.25, 0.3) is 0 Å². The molecule has 0 aromatic rings. The van der Waals surface area contributed by atoms with Gasteiger partial charge in [-0.2, -0.15) is 0 Å². The predicted octanol–water partition coefficient (Wildman–Crippen LogP) is 3.61. The van der Waals surface area contributed by atoms with Crippen molar-refractivity contribution >= 4 is 5.97 Å². The molecule has 0 aromatic carbocycles. The fourth-order valence-electron chi connectivity index (χ4n) is 2.26. The quantitative estimate of drug-likeness (QED) is 0.247. The van der Waals surface area contributed by atoms with Gasteiger partial charge >= 0.3 is 5.97 Å². The maximum Gasteiger partial charge on any atom is 0.339 e. The lowest BCUT2D eigenvalue weighted by atomic mass is 9.84. The Labute approximate surface area is 110 Å². The van der Waals surface area contributed by atoms with Crippen molar-refractivity contribution in [2.75, 3.05) is 7.11 Å². The summed E-state index contributed by atoms with van der Waals surface area (Å²) in [6.07, 6.45) is 6.59. The SMILES string of the molecule is COC(=O)/C(=C/C(N=[N+]=[N-])C1CCCCC1)N=[N+]=[N-]. The largest absolute Gasteiger partial charge is 0.466 e. The number of methoxy groups -OCH3 is 1. The van der Waals surface area contributed by atoms with Crippen molar-refractivity contribution in [1.29, 1.82) is 0 Å². The van der Waals surface area contributed by atoms with E-state index in [0.29, 0.717) is 0 Å². The van der Waals surface area contributed by atoms with Crippen LogP contribution in [0.15, 0.2) is 22.0 Å². The van der Waals surface area contributed by atoms with E-state index >= 15 is 0 Å². The Kier molecular flexibility index (Phi) is 6.29. The number of carbonyl (C=O) groups is 1. The minimum absolute atomic E-state index is 0.159. The standard InChI is InChI=1S/C11H16N6O2/c1-19-11(18)10(15-17-13)7-9(14-16-12)8-5-3-2-4-6-8/h7-9H,2-6H2,1H3/b10-7-. The van der Waals surface area contributed by atoms with Gasteiger partial charge in [-0.3, -0.25) is 0 Å². The van der Waals surface area contributed by atoms with Gasteiger partial charge in [0, 0.05) is 9.82 Å². The second-order valence-electron chi connectivity index (χ2n) is 4.33. The third-order valence-corrected chi connectivity index (χ3v) is 3.19. The van der Waals surface area contributed by atoms with Crippen LogP contribution >= 0.6 is 0 Å². The van der Waals surface area contributed by atoms with E-state index < -0.39 is 12.0 Å². The van der Waals surface area contributed by atoms with Gasteiger partial charge in [0.2, 0.25) is 0 Å². The zero-order valence-corrected chi connectivity index (χ0v) is 10.8. The van der Waals surface area contributed by atoms with Crippen LogP contribution in [0, 0.1) is 5.92 Å². The second kappa shape index (κ2) is 8.02. The molecule has 1 saturated carbocycles. The highest BCUT2D eigenvalue weighted by atomic mass is 16.5. The first-order chi connectivity index (χ1) is 9.22. The molecule has 0 heterocycles. The van der Waals surface area contributed by atoms with Crippen LogP contribution < -0.4 is 0 Å². The molecule has 8 nitrogen and oxygen atoms in total. The Balaban J connectivity index is 2.98. The molecule has 19 heavy (non-hydrogen) atoms.